The van der Waals surface area contributed by atoms with Gasteiger partial charge in [-0.2, -0.15) is 4.98 Å². The van der Waals surface area contributed by atoms with Crippen molar-refractivity contribution in [3.63, 3.8) is 0 Å². The molecule has 0 atom stereocenters. The molecule has 0 spiro atoms. The molecule has 0 fully saturated rings. The van der Waals surface area contributed by atoms with Crippen LogP contribution < -0.4 is 19.1 Å². The smallest absolute Gasteiger partial charge is 0.227 e. The standard InChI is InChI=1S/C21H22ClN3O5/c1-25(16-11-15(22)17(28-3)12-18(16)29-4)20(26)10-9-19-23-21(24-30-19)13-5-7-14(27-2)8-6-13/h5-8,11-12H,9-10H2,1-4H3. The third-order valence-corrected chi connectivity index (χ3v) is 4.85. The van der Waals surface area contributed by atoms with Crippen molar-refractivity contribution in [1.82, 2.24) is 10.1 Å². The first-order chi connectivity index (χ1) is 14.5. The van der Waals surface area contributed by atoms with E-state index in [1.54, 1.807) is 26.3 Å². The maximum atomic E-state index is 12.7. The molecule has 9 heteroatoms. The zero-order chi connectivity index (χ0) is 21.7. The molecule has 0 saturated heterocycles. The number of ether oxygens (including phenoxy) is 3. The van der Waals surface area contributed by atoms with Crippen LogP contribution in [0.4, 0.5) is 5.69 Å². The van der Waals surface area contributed by atoms with Crippen molar-refractivity contribution in [2.45, 2.75) is 12.8 Å². The number of hydrogen-bond donors (Lipinski definition) is 0. The summed E-state index contributed by atoms with van der Waals surface area (Å²) >= 11 is 6.20. The van der Waals surface area contributed by atoms with Gasteiger partial charge in [0, 0.05) is 31.5 Å². The first kappa shape index (κ1) is 21.4. The van der Waals surface area contributed by atoms with Crippen LogP contribution in [-0.4, -0.2) is 44.4 Å². The van der Waals surface area contributed by atoms with Gasteiger partial charge in [0.1, 0.15) is 17.2 Å². The Balaban J connectivity index is 1.67. The number of hydrogen-bond acceptors (Lipinski definition) is 7. The highest BCUT2D eigenvalue weighted by atomic mass is 35.5. The zero-order valence-corrected chi connectivity index (χ0v) is 17.9. The number of methoxy groups -OCH3 is 3. The van der Waals surface area contributed by atoms with E-state index in [4.69, 9.17) is 30.3 Å². The maximum Gasteiger partial charge on any atom is 0.227 e. The summed E-state index contributed by atoms with van der Waals surface area (Å²) in [5.74, 6) is 2.37. The molecule has 0 bridgehead atoms. The van der Waals surface area contributed by atoms with Gasteiger partial charge >= 0.3 is 0 Å². The molecular weight excluding hydrogens is 410 g/mol. The lowest BCUT2D eigenvalue weighted by molar-refractivity contribution is -0.118. The van der Waals surface area contributed by atoms with E-state index >= 15 is 0 Å². The molecule has 0 radical (unpaired) electrons. The third kappa shape index (κ3) is 4.65. The van der Waals surface area contributed by atoms with Gasteiger partial charge in [0.25, 0.3) is 0 Å². The largest absolute Gasteiger partial charge is 0.497 e. The number of halogens is 1. The monoisotopic (exact) mass is 431 g/mol. The summed E-state index contributed by atoms with van der Waals surface area (Å²) in [6.45, 7) is 0. The highest BCUT2D eigenvalue weighted by Crippen LogP contribution is 2.37. The maximum absolute atomic E-state index is 12.7. The van der Waals surface area contributed by atoms with Crippen LogP contribution in [0.15, 0.2) is 40.9 Å². The van der Waals surface area contributed by atoms with Gasteiger partial charge in [-0.05, 0) is 30.3 Å². The summed E-state index contributed by atoms with van der Waals surface area (Å²) in [5.41, 5.74) is 1.34. The van der Waals surface area contributed by atoms with E-state index in [0.29, 0.717) is 40.3 Å². The molecule has 1 amide bonds. The van der Waals surface area contributed by atoms with E-state index < -0.39 is 0 Å². The molecule has 1 aromatic heterocycles. The predicted molar refractivity (Wildman–Crippen MR) is 113 cm³/mol. The fourth-order valence-electron chi connectivity index (χ4n) is 2.84. The Morgan fingerprint density at radius 1 is 1.07 bits per heavy atom. The molecule has 3 rings (SSSR count). The fourth-order valence-corrected chi connectivity index (χ4v) is 3.07. The van der Waals surface area contributed by atoms with Crippen molar-refractivity contribution < 1.29 is 23.5 Å². The SMILES string of the molecule is COc1ccc(-c2noc(CCC(=O)N(C)c3cc(Cl)c(OC)cc3OC)n2)cc1. The number of nitrogens with zero attached hydrogens (tertiary/aromatic N) is 3. The first-order valence-corrected chi connectivity index (χ1v) is 9.49. The number of benzene rings is 2. The lowest BCUT2D eigenvalue weighted by Crippen LogP contribution is -2.27. The molecule has 0 aliphatic rings. The number of carbonyl (C=O) groups excluding carboxylic acids is 1. The second-order valence-electron chi connectivity index (χ2n) is 6.35. The molecule has 0 saturated carbocycles. The molecular formula is C21H22ClN3O5. The van der Waals surface area contributed by atoms with Crippen LogP contribution in [0.3, 0.4) is 0 Å². The Bertz CT molecular complexity index is 1020. The predicted octanol–water partition coefficient (Wildman–Crippen LogP) is 4.01. The number of anilines is 1. The number of aromatic nitrogens is 2. The minimum Gasteiger partial charge on any atom is -0.497 e. The van der Waals surface area contributed by atoms with Crippen molar-refractivity contribution >= 4 is 23.2 Å². The molecule has 1 heterocycles. The van der Waals surface area contributed by atoms with Crippen LogP contribution in [0, 0.1) is 0 Å². The molecule has 8 nitrogen and oxygen atoms in total. The van der Waals surface area contributed by atoms with Crippen molar-refractivity contribution in [2.75, 3.05) is 33.3 Å². The van der Waals surface area contributed by atoms with E-state index in [2.05, 4.69) is 10.1 Å². The third-order valence-electron chi connectivity index (χ3n) is 4.56. The molecule has 30 heavy (non-hydrogen) atoms. The van der Waals surface area contributed by atoms with E-state index in [9.17, 15) is 4.79 Å². The fraction of sp³-hybridized carbons (Fsp3) is 0.286. The summed E-state index contributed by atoms with van der Waals surface area (Å²) in [6, 6.07) is 10.6. The Hall–Kier alpha value is -3.26. The van der Waals surface area contributed by atoms with Gasteiger partial charge in [-0.1, -0.05) is 16.8 Å². The first-order valence-electron chi connectivity index (χ1n) is 9.12. The average Bonchev–Trinajstić information content (AvgIpc) is 3.25. The van der Waals surface area contributed by atoms with Crippen molar-refractivity contribution in [3.05, 3.63) is 47.3 Å². The number of amides is 1. The van der Waals surface area contributed by atoms with Gasteiger partial charge in [0.15, 0.2) is 0 Å². The molecule has 0 aliphatic heterocycles. The van der Waals surface area contributed by atoms with Gasteiger partial charge in [-0.25, -0.2) is 0 Å². The van der Waals surface area contributed by atoms with Crippen molar-refractivity contribution in [3.8, 4) is 28.6 Å². The molecule has 2 aromatic carbocycles. The average molecular weight is 432 g/mol. The Morgan fingerprint density at radius 2 is 1.77 bits per heavy atom. The molecule has 158 valence electrons. The number of carbonyl (C=O) groups is 1. The normalized spacial score (nSPS) is 10.6. The second-order valence-corrected chi connectivity index (χ2v) is 6.76. The number of rotatable bonds is 8. The van der Waals surface area contributed by atoms with E-state index in [0.717, 1.165) is 11.3 Å². The van der Waals surface area contributed by atoms with Crippen LogP contribution in [0.25, 0.3) is 11.4 Å². The summed E-state index contributed by atoms with van der Waals surface area (Å²) in [6.07, 6.45) is 0.478. The summed E-state index contributed by atoms with van der Waals surface area (Å²) in [5, 5.41) is 4.36. The van der Waals surface area contributed by atoms with Crippen molar-refractivity contribution in [1.29, 1.82) is 0 Å². The highest BCUT2D eigenvalue weighted by molar-refractivity contribution is 6.32. The quantitative estimate of drug-likeness (QED) is 0.532. The van der Waals surface area contributed by atoms with Crippen LogP contribution in [-0.2, 0) is 11.2 Å². The lowest BCUT2D eigenvalue weighted by Gasteiger charge is -2.21. The van der Waals surface area contributed by atoms with Crippen LogP contribution in [0.1, 0.15) is 12.3 Å². The van der Waals surface area contributed by atoms with Crippen LogP contribution in [0.5, 0.6) is 17.2 Å². The highest BCUT2D eigenvalue weighted by Gasteiger charge is 2.19. The topological polar surface area (TPSA) is 86.9 Å². The van der Waals surface area contributed by atoms with Crippen molar-refractivity contribution in [2.24, 2.45) is 0 Å². The minimum atomic E-state index is -0.154. The van der Waals surface area contributed by atoms with E-state index in [1.807, 2.05) is 24.3 Å². The van der Waals surface area contributed by atoms with Gasteiger partial charge in [-0.3, -0.25) is 4.79 Å². The summed E-state index contributed by atoms with van der Waals surface area (Å²) < 4.78 is 21.0. The number of aryl methyl sites for hydroxylation is 1. The molecule has 0 unspecified atom stereocenters. The Kier molecular flexibility index (Phi) is 6.79. The van der Waals surface area contributed by atoms with E-state index in [1.165, 1.54) is 19.1 Å². The van der Waals surface area contributed by atoms with Crippen LogP contribution in [0.2, 0.25) is 5.02 Å². The summed E-state index contributed by atoms with van der Waals surface area (Å²) in [7, 11) is 6.29. The zero-order valence-electron chi connectivity index (χ0n) is 17.1. The minimum absolute atomic E-state index is 0.154. The molecule has 0 aliphatic carbocycles. The van der Waals surface area contributed by atoms with E-state index in [-0.39, 0.29) is 12.3 Å². The van der Waals surface area contributed by atoms with Gasteiger partial charge in [0.05, 0.1) is 32.0 Å². The molecule has 3 aromatic rings. The molecule has 0 N–H and O–H groups in total. The Morgan fingerprint density at radius 3 is 2.40 bits per heavy atom. The Labute approximate surface area is 179 Å². The van der Waals surface area contributed by atoms with Gasteiger partial charge in [-0.15, -0.1) is 0 Å². The summed E-state index contributed by atoms with van der Waals surface area (Å²) in [4.78, 5) is 18.5. The van der Waals surface area contributed by atoms with Gasteiger partial charge in [0.2, 0.25) is 17.6 Å². The van der Waals surface area contributed by atoms with Crippen LogP contribution >= 0.6 is 11.6 Å². The second kappa shape index (κ2) is 9.49. The van der Waals surface area contributed by atoms with Gasteiger partial charge < -0.3 is 23.6 Å². The lowest BCUT2D eigenvalue weighted by atomic mass is 10.2.